The molecule has 9 heteroatoms. The molecule has 0 spiro atoms. The van der Waals surface area contributed by atoms with Crippen LogP contribution in [0, 0.1) is 0 Å². The molecule has 1 aromatic carbocycles. The second-order valence-corrected chi connectivity index (χ2v) is 7.09. The third-order valence-corrected chi connectivity index (χ3v) is 5.15. The zero-order valence-electron chi connectivity index (χ0n) is 15.2. The number of aromatic nitrogens is 3. The van der Waals surface area contributed by atoms with Crippen molar-refractivity contribution in [3.8, 4) is 0 Å². The number of morpholine rings is 1. The number of nitrogens with zero attached hydrogens (tertiary/aromatic N) is 4. The standard InChI is InChI=1S/C18H23N5O3S/c1-27-16-4-2-14(3-5-16)18(25)23-8-9-26-11-15(23)10-17(24)19-6-7-22-12-20-21-13-22/h2-5,12-13,15H,6-11H2,1H3,(H,19,24)/t15-/m1/s1. The summed E-state index contributed by atoms with van der Waals surface area (Å²) < 4.78 is 7.29. The molecule has 27 heavy (non-hydrogen) atoms. The molecule has 1 aliphatic rings. The lowest BCUT2D eigenvalue weighted by Gasteiger charge is -2.35. The maximum Gasteiger partial charge on any atom is 0.254 e. The molecule has 0 unspecified atom stereocenters. The number of carbonyl (C=O) groups is 2. The number of hydrogen-bond acceptors (Lipinski definition) is 6. The molecule has 2 aromatic rings. The quantitative estimate of drug-likeness (QED) is 0.712. The smallest absolute Gasteiger partial charge is 0.254 e. The third-order valence-electron chi connectivity index (χ3n) is 4.41. The van der Waals surface area contributed by atoms with Crippen LogP contribution in [0.25, 0.3) is 0 Å². The van der Waals surface area contributed by atoms with Crippen LogP contribution < -0.4 is 5.32 Å². The Kier molecular flexibility index (Phi) is 6.83. The van der Waals surface area contributed by atoms with Crippen LogP contribution in [-0.4, -0.2) is 70.1 Å². The second kappa shape index (κ2) is 9.52. The Bertz CT molecular complexity index is 751. The van der Waals surface area contributed by atoms with E-state index in [9.17, 15) is 9.59 Å². The average Bonchev–Trinajstić information content (AvgIpc) is 3.21. The predicted octanol–water partition coefficient (Wildman–Crippen LogP) is 1.05. The molecule has 1 N–H and O–H groups in total. The van der Waals surface area contributed by atoms with Gasteiger partial charge in [-0.15, -0.1) is 22.0 Å². The van der Waals surface area contributed by atoms with Gasteiger partial charge in [-0.3, -0.25) is 9.59 Å². The molecular weight excluding hydrogens is 366 g/mol. The molecule has 2 heterocycles. The normalized spacial score (nSPS) is 16.9. The number of hydrogen-bond donors (Lipinski definition) is 1. The summed E-state index contributed by atoms with van der Waals surface area (Å²) in [5.41, 5.74) is 0.632. The van der Waals surface area contributed by atoms with Gasteiger partial charge in [-0.25, -0.2) is 0 Å². The Morgan fingerprint density at radius 3 is 2.70 bits per heavy atom. The summed E-state index contributed by atoms with van der Waals surface area (Å²) in [5.74, 6) is -0.164. The van der Waals surface area contributed by atoms with Crippen molar-refractivity contribution < 1.29 is 14.3 Å². The Morgan fingerprint density at radius 1 is 1.26 bits per heavy atom. The molecule has 1 fully saturated rings. The number of benzene rings is 1. The Hall–Kier alpha value is -2.39. The largest absolute Gasteiger partial charge is 0.377 e. The Morgan fingerprint density at radius 2 is 2.00 bits per heavy atom. The van der Waals surface area contributed by atoms with E-state index in [4.69, 9.17) is 4.74 Å². The fourth-order valence-corrected chi connectivity index (χ4v) is 3.35. The first-order valence-electron chi connectivity index (χ1n) is 8.79. The summed E-state index contributed by atoms with van der Waals surface area (Å²) in [5, 5.41) is 10.3. The van der Waals surface area contributed by atoms with Crippen molar-refractivity contribution in [2.75, 3.05) is 32.6 Å². The highest BCUT2D eigenvalue weighted by Gasteiger charge is 2.29. The van der Waals surface area contributed by atoms with E-state index in [1.807, 2.05) is 30.5 Å². The summed E-state index contributed by atoms with van der Waals surface area (Å²) >= 11 is 1.63. The van der Waals surface area contributed by atoms with Gasteiger partial charge in [-0.05, 0) is 30.5 Å². The average molecular weight is 389 g/mol. The van der Waals surface area contributed by atoms with Crippen LogP contribution in [-0.2, 0) is 16.1 Å². The number of ether oxygens (including phenoxy) is 1. The van der Waals surface area contributed by atoms with Gasteiger partial charge in [0.2, 0.25) is 5.91 Å². The second-order valence-electron chi connectivity index (χ2n) is 6.21. The summed E-state index contributed by atoms with van der Waals surface area (Å²) in [6, 6.07) is 7.27. The predicted molar refractivity (Wildman–Crippen MR) is 102 cm³/mol. The van der Waals surface area contributed by atoms with E-state index in [0.29, 0.717) is 38.4 Å². The number of rotatable bonds is 7. The topological polar surface area (TPSA) is 89.4 Å². The fraction of sp³-hybridized carbons (Fsp3) is 0.444. The first kappa shape index (κ1) is 19.4. The van der Waals surface area contributed by atoms with Gasteiger partial charge in [0.25, 0.3) is 5.91 Å². The number of carbonyl (C=O) groups excluding carboxylic acids is 2. The minimum atomic E-state index is -0.263. The van der Waals surface area contributed by atoms with Gasteiger partial charge in [0.15, 0.2) is 0 Å². The van der Waals surface area contributed by atoms with Crippen molar-refractivity contribution in [2.45, 2.75) is 23.9 Å². The van der Waals surface area contributed by atoms with E-state index >= 15 is 0 Å². The summed E-state index contributed by atoms with van der Waals surface area (Å²) in [6.45, 7) is 2.43. The summed E-state index contributed by atoms with van der Waals surface area (Å²) in [7, 11) is 0. The summed E-state index contributed by atoms with van der Waals surface area (Å²) in [6.07, 6.45) is 5.42. The lowest BCUT2D eigenvalue weighted by molar-refractivity contribution is -0.123. The van der Waals surface area contributed by atoms with Gasteiger partial charge in [0.1, 0.15) is 12.7 Å². The van der Waals surface area contributed by atoms with Crippen LogP contribution in [0.1, 0.15) is 16.8 Å². The molecule has 1 saturated heterocycles. The molecule has 144 valence electrons. The monoisotopic (exact) mass is 389 g/mol. The van der Waals surface area contributed by atoms with Gasteiger partial charge < -0.3 is 19.5 Å². The van der Waals surface area contributed by atoms with E-state index in [1.165, 1.54) is 0 Å². The number of thioether (sulfide) groups is 1. The molecule has 1 atom stereocenters. The molecule has 1 aliphatic heterocycles. The number of amides is 2. The van der Waals surface area contributed by atoms with E-state index in [0.717, 1.165) is 4.90 Å². The molecule has 2 amide bonds. The highest BCUT2D eigenvalue weighted by Crippen LogP contribution is 2.19. The zero-order valence-corrected chi connectivity index (χ0v) is 16.0. The van der Waals surface area contributed by atoms with Gasteiger partial charge in [0.05, 0.1) is 19.3 Å². The lowest BCUT2D eigenvalue weighted by atomic mass is 10.1. The first-order chi connectivity index (χ1) is 13.2. The van der Waals surface area contributed by atoms with Gasteiger partial charge in [0, 0.05) is 36.5 Å². The molecular formula is C18H23N5O3S. The maximum absolute atomic E-state index is 12.9. The lowest BCUT2D eigenvalue weighted by Crippen LogP contribution is -2.50. The van der Waals surface area contributed by atoms with E-state index < -0.39 is 0 Å². The van der Waals surface area contributed by atoms with Crippen LogP contribution in [0.5, 0.6) is 0 Å². The Balaban J connectivity index is 1.55. The summed E-state index contributed by atoms with van der Waals surface area (Å²) in [4.78, 5) is 28.0. The van der Waals surface area contributed by atoms with Crippen LogP contribution in [0.3, 0.4) is 0 Å². The SMILES string of the molecule is CSc1ccc(C(=O)N2CCOC[C@H]2CC(=O)NCCn2cnnc2)cc1. The van der Waals surface area contributed by atoms with E-state index in [-0.39, 0.29) is 24.3 Å². The van der Waals surface area contributed by atoms with Crippen LogP contribution in [0.15, 0.2) is 41.8 Å². The first-order valence-corrected chi connectivity index (χ1v) is 10.0. The van der Waals surface area contributed by atoms with Crippen LogP contribution in [0.2, 0.25) is 0 Å². The van der Waals surface area contributed by atoms with Gasteiger partial charge in [-0.2, -0.15) is 0 Å². The van der Waals surface area contributed by atoms with Crippen molar-refractivity contribution in [1.29, 1.82) is 0 Å². The minimum Gasteiger partial charge on any atom is -0.377 e. The van der Waals surface area contributed by atoms with Crippen molar-refractivity contribution in [3.63, 3.8) is 0 Å². The van der Waals surface area contributed by atoms with E-state index in [2.05, 4.69) is 15.5 Å². The van der Waals surface area contributed by atoms with E-state index in [1.54, 1.807) is 33.9 Å². The highest BCUT2D eigenvalue weighted by atomic mass is 32.2. The molecule has 0 aliphatic carbocycles. The van der Waals surface area contributed by atoms with Crippen LogP contribution >= 0.6 is 11.8 Å². The fourth-order valence-electron chi connectivity index (χ4n) is 2.94. The molecule has 0 radical (unpaired) electrons. The molecule has 8 nitrogen and oxygen atoms in total. The van der Waals surface area contributed by atoms with Crippen molar-refractivity contribution in [3.05, 3.63) is 42.5 Å². The van der Waals surface area contributed by atoms with Crippen molar-refractivity contribution in [2.24, 2.45) is 0 Å². The van der Waals surface area contributed by atoms with Crippen molar-refractivity contribution in [1.82, 2.24) is 25.0 Å². The maximum atomic E-state index is 12.9. The van der Waals surface area contributed by atoms with Gasteiger partial charge >= 0.3 is 0 Å². The Labute approximate surface area is 162 Å². The minimum absolute atomic E-state index is 0.0618. The molecule has 1 aromatic heterocycles. The molecule has 3 rings (SSSR count). The highest BCUT2D eigenvalue weighted by molar-refractivity contribution is 7.98. The van der Waals surface area contributed by atoms with Gasteiger partial charge in [-0.1, -0.05) is 0 Å². The third kappa shape index (κ3) is 5.30. The van der Waals surface area contributed by atoms with Crippen LogP contribution in [0.4, 0.5) is 0 Å². The van der Waals surface area contributed by atoms with Crippen molar-refractivity contribution >= 4 is 23.6 Å². The zero-order chi connectivity index (χ0) is 19.1. The number of nitrogens with one attached hydrogen (secondary N) is 1. The molecule has 0 bridgehead atoms. The molecule has 0 saturated carbocycles.